The zero-order valence-corrected chi connectivity index (χ0v) is 13.6. The van der Waals surface area contributed by atoms with Crippen molar-refractivity contribution in [2.45, 2.75) is 6.92 Å². The fourth-order valence-electron chi connectivity index (χ4n) is 2.81. The second-order valence-electron chi connectivity index (χ2n) is 5.48. The van der Waals surface area contributed by atoms with E-state index in [9.17, 15) is 4.79 Å². The molecule has 0 atom stereocenters. The van der Waals surface area contributed by atoms with Gasteiger partial charge in [-0.05, 0) is 35.9 Å². The number of carbonyl (C=O) groups excluding carboxylic acids is 1. The lowest BCUT2D eigenvalue weighted by Crippen LogP contribution is -2.01. The highest BCUT2D eigenvalue weighted by Crippen LogP contribution is 2.34. The molecule has 2 aromatic heterocycles. The van der Waals surface area contributed by atoms with Gasteiger partial charge in [0.25, 0.3) is 0 Å². The van der Waals surface area contributed by atoms with Gasteiger partial charge in [0.1, 0.15) is 11.4 Å². The summed E-state index contributed by atoms with van der Waals surface area (Å²) in [5.41, 5.74) is 4.42. The monoisotopic (exact) mass is 336 g/mol. The lowest BCUT2D eigenvalue weighted by molar-refractivity contribution is -0.131. The van der Waals surface area contributed by atoms with E-state index in [0.29, 0.717) is 10.8 Å². The Bertz CT molecular complexity index is 1070. The van der Waals surface area contributed by atoms with Crippen LogP contribution in [0.3, 0.4) is 0 Å². The van der Waals surface area contributed by atoms with Crippen molar-refractivity contribution in [3.63, 3.8) is 0 Å². The molecule has 0 spiro atoms. The van der Waals surface area contributed by atoms with Crippen LogP contribution < -0.4 is 4.74 Å². The Morgan fingerprint density at radius 3 is 2.67 bits per heavy atom. The van der Waals surface area contributed by atoms with Crippen molar-refractivity contribution in [1.82, 2.24) is 9.38 Å². The quantitative estimate of drug-likeness (QED) is 0.392. The Morgan fingerprint density at radius 2 is 1.92 bits per heavy atom. The standard InChI is InChI=1S/C19H13ClN2O2/c1-12(23)24-15-10-16(13-5-7-14(20)8-6-13)19-17(11-15)22-9-3-2-4-18(22)21-19/h2-11H,1H3. The second-order valence-corrected chi connectivity index (χ2v) is 5.92. The molecule has 0 aliphatic rings. The van der Waals surface area contributed by atoms with Crippen LogP contribution in [0.1, 0.15) is 6.92 Å². The predicted octanol–water partition coefficient (Wildman–Crippen LogP) is 4.73. The van der Waals surface area contributed by atoms with Gasteiger partial charge in [0.2, 0.25) is 0 Å². The van der Waals surface area contributed by atoms with E-state index >= 15 is 0 Å². The summed E-state index contributed by atoms with van der Waals surface area (Å²) in [5, 5.41) is 0.668. The number of benzene rings is 2. The highest BCUT2D eigenvalue weighted by molar-refractivity contribution is 6.30. The van der Waals surface area contributed by atoms with Gasteiger partial charge in [-0.3, -0.25) is 9.20 Å². The minimum Gasteiger partial charge on any atom is -0.427 e. The van der Waals surface area contributed by atoms with Gasteiger partial charge in [0, 0.05) is 29.8 Å². The molecule has 0 N–H and O–H groups in total. The summed E-state index contributed by atoms with van der Waals surface area (Å²) in [6, 6.07) is 17.0. The topological polar surface area (TPSA) is 43.6 Å². The first-order valence-electron chi connectivity index (χ1n) is 7.47. The Hall–Kier alpha value is -2.85. The Labute approximate surface area is 143 Å². The van der Waals surface area contributed by atoms with Gasteiger partial charge >= 0.3 is 5.97 Å². The Kier molecular flexibility index (Phi) is 3.47. The number of carbonyl (C=O) groups is 1. The molecule has 5 heteroatoms. The number of nitrogens with zero attached hydrogens (tertiary/aromatic N) is 2. The van der Waals surface area contributed by atoms with Crippen LogP contribution in [-0.4, -0.2) is 15.4 Å². The van der Waals surface area contributed by atoms with Crippen molar-refractivity contribution in [1.29, 1.82) is 0 Å². The molecule has 0 unspecified atom stereocenters. The molecule has 0 saturated heterocycles. The van der Waals surface area contributed by atoms with Gasteiger partial charge in [-0.1, -0.05) is 29.8 Å². The van der Waals surface area contributed by atoms with E-state index in [0.717, 1.165) is 27.8 Å². The fourth-order valence-corrected chi connectivity index (χ4v) is 2.94. The molecular weight excluding hydrogens is 324 g/mol. The van der Waals surface area contributed by atoms with Crippen LogP contribution >= 0.6 is 11.6 Å². The summed E-state index contributed by atoms with van der Waals surface area (Å²) < 4.78 is 7.29. The minimum absolute atomic E-state index is 0.356. The number of halogens is 1. The highest BCUT2D eigenvalue weighted by Gasteiger charge is 2.14. The van der Waals surface area contributed by atoms with Gasteiger partial charge in [-0.2, -0.15) is 0 Å². The second kappa shape index (κ2) is 5.65. The number of rotatable bonds is 2. The number of pyridine rings is 1. The first-order chi connectivity index (χ1) is 11.6. The molecule has 2 aromatic carbocycles. The van der Waals surface area contributed by atoms with Crippen molar-refractivity contribution in [2.75, 3.05) is 0 Å². The summed E-state index contributed by atoms with van der Waals surface area (Å²) in [4.78, 5) is 16.1. The fraction of sp³-hybridized carbons (Fsp3) is 0.0526. The number of fused-ring (bicyclic) bond motifs is 3. The number of hydrogen-bond acceptors (Lipinski definition) is 3. The number of hydrogen-bond donors (Lipinski definition) is 0. The van der Waals surface area contributed by atoms with Crippen LogP contribution in [0, 0.1) is 0 Å². The lowest BCUT2D eigenvalue weighted by Gasteiger charge is -2.08. The average Bonchev–Trinajstić information content (AvgIpc) is 2.93. The molecule has 0 saturated carbocycles. The van der Waals surface area contributed by atoms with Crippen LogP contribution in [-0.2, 0) is 4.79 Å². The molecule has 0 radical (unpaired) electrons. The Balaban J connectivity index is 2.05. The van der Waals surface area contributed by atoms with E-state index in [1.165, 1.54) is 6.92 Å². The van der Waals surface area contributed by atoms with Crippen LogP contribution in [0.2, 0.25) is 5.02 Å². The van der Waals surface area contributed by atoms with Crippen molar-refractivity contribution in [3.8, 4) is 16.9 Å². The summed E-state index contributed by atoms with van der Waals surface area (Å²) in [6.45, 7) is 1.39. The van der Waals surface area contributed by atoms with Gasteiger partial charge in [0.05, 0.1) is 11.0 Å². The number of aromatic nitrogens is 2. The van der Waals surface area contributed by atoms with E-state index in [1.807, 2.05) is 65.2 Å². The van der Waals surface area contributed by atoms with E-state index in [-0.39, 0.29) is 5.97 Å². The van der Waals surface area contributed by atoms with Crippen molar-refractivity contribution < 1.29 is 9.53 Å². The third kappa shape index (κ3) is 2.51. The maximum Gasteiger partial charge on any atom is 0.308 e. The van der Waals surface area contributed by atoms with Crippen molar-refractivity contribution >= 4 is 34.3 Å². The molecule has 0 aliphatic heterocycles. The van der Waals surface area contributed by atoms with Gasteiger partial charge in [-0.25, -0.2) is 4.98 Å². The molecular formula is C19H13ClN2O2. The molecule has 0 aliphatic carbocycles. The molecule has 118 valence electrons. The third-order valence-corrected chi connectivity index (χ3v) is 4.06. The highest BCUT2D eigenvalue weighted by atomic mass is 35.5. The molecule has 4 rings (SSSR count). The lowest BCUT2D eigenvalue weighted by atomic mass is 10.0. The molecule has 2 heterocycles. The minimum atomic E-state index is -0.356. The maximum absolute atomic E-state index is 11.4. The number of imidazole rings is 1. The number of esters is 1. The summed E-state index contributed by atoms with van der Waals surface area (Å²) in [7, 11) is 0. The zero-order chi connectivity index (χ0) is 16.7. The van der Waals surface area contributed by atoms with Crippen LogP contribution in [0.15, 0.2) is 60.8 Å². The summed E-state index contributed by atoms with van der Waals surface area (Å²) in [5.74, 6) is 0.135. The van der Waals surface area contributed by atoms with Gasteiger partial charge in [-0.15, -0.1) is 0 Å². The van der Waals surface area contributed by atoms with Crippen molar-refractivity contribution in [3.05, 3.63) is 65.8 Å². The third-order valence-electron chi connectivity index (χ3n) is 3.80. The molecule has 0 fully saturated rings. The van der Waals surface area contributed by atoms with E-state index in [4.69, 9.17) is 21.3 Å². The normalized spacial score (nSPS) is 11.1. The zero-order valence-electron chi connectivity index (χ0n) is 12.9. The average molecular weight is 337 g/mol. The SMILES string of the molecule is CC(=O)Oc1cc(-c2ccc(Cl)cc2)c2nc3ccccn3c2c1. The van der Waals surface area contributed by atoms with E-state index in [2.05, 4.69) is 0 Å². The summed E-state index contributed by atoms with van der Waals surface area (Å²) >= 11 is 5.99. The van der Waals surface area contributed by atoms with E-state index in [1.54, 1.807) is 0 Å². The first-order valence-corrected chi connectivity index (χ1v) is 7.85. The molecule has 4 nitrogen and oxygen atoms in total. The number of ether oxygens (including phenoxy) is 1. The van der Waals surface area contributed by atoms with Gasteiger partial charge < -0.3 is 4.74 Å². The molecule has 24 heavy (non-hydrogen) atoms. The largest absolute Gasteiger partial charge is 0.427 e. The van der Waals surface area contributed by atoms with Crippen molar-refractivity contribution in [2.24, 2.45) is 0 Å². The maximum atomic E-state index is 11.4. The summed E-state index contributed by atoms with van der Waals surface area (Å²) in [6.07, 6.45) is 1.94. The van der Waals surface area contributed by atoms with Crippen LogP contribution in [0.25, 0.3) is 27.8 Å². The smallest absolute Gasteiger partial charge is 0.308 e. The van der Waals surface area contributed by atoms with E-state index < -0.39 is 0 Å². The van der Waals surface area contributed by atoms with Crippen LogP contribution in [0.5, 0.6) is 5.75 Å². The van der Waals surface area contributed by atoms with Crippen LogP contribution in [0.4, 0.5) is 0 Å². The molecule has 4 aromatic rings. The first kappa shape index (κ1) is 14.7. The Morgan fingerprint density at radius 1 is 1.12 bits per heavy atom. The molecule has 0 bridgehead atoms. The molecule has 0 amide bonds. The predicted molar refractivity (Wildman–Crippen MR) is 94.5 cm³/mol. The van der Waals surface area contributed by atoms with Gasteiger partial charge in [0.15, 0.2) is 0 Å².